The van der Waals surface area contributed by atoms with Crippen molar-refractivity contribution in [1.29, 1.82) is 0 Å². The highest BCUT2D eigenvalue weighted by molar-refractivity contribution is 7.92. The number of ether oxygens (including phenoxy) is 1. The van der Waals surface area contributed by atoms with Gasteiger partial charge in [0.25, 0.3) is 15.9 Å². The van der Waals surface area contributed by atoms with E-state index in [1.54, 1.807) is 48.5 Å². The van der Waals surface area contributed by atoms with E-state index in [0.29, 0.717) is 29.4 Å². The highest BCUT2D eigenvalue weighted by atomic mass is 32.2. The molecule has 0 aliphatic heterocycles. The summed E-state index contributed by atoms with van der Waals surface area (Å²) in [4.78, 5) is 23.9. The monoisotopic (exact) mass is 468 g/mol. The van der Waals surface area contributed by atoms with Crippen molar-refractivity contribution in [1.82, 2.24) is 5.32 Å². The van der Waals surface area contributed by atoms with E-state index < -0.39 is 15.9 Å². The summed E-state index contributed by atoms with van der Waals surface area (Å²) in [6.45, 7) is 2.37. The first-order valence-corrected chi connectivity index (χ1v) is 11.5. The number of carbonyl (C=O) groups excluding carboxylic acids is 2. The molecule has 0 saturated carbocycles. The predicted octanol–water partition coefficient (Wildman–Crippen LogP) is 3.89. The first-order chi connectivity index (χ1) is 15.8. The number of nitrogens with one attached hydrogen (secondary N) is 4. The van der Waals surface area contributed by atoms with Crippen molar-refractivity contribution in [3.63, 3.8) is 0 Å². The number of amides is 3. The van der Waals surface area contributed by atoms with Gasteiger partial charge in [-0.1, -0.05) is 6.07 Å². The second-order valence-corrected chi connectivity index (χ2v) is 8.51. The van der Waals surface area contributed by atoms with Crippen molar-refractivity contribution in [2.75, 3.05) is 29.0 Å². The van der Waals surface area contributed by atoms with Gasteiger partial charge in [0.05, 0.1) is 11.5 Å². The summed E-state index contributed by atoms with van der Waals surface area (Å²) in [6, 6.07) is 18.4. The summed E-state index contributed by atoms with van der Waals surface area (Å²) in [5, 5.41) is 7.76. The molecule has 0 aliphatic rings. The van der Waals surface area contributed by atoms with Crippen molar-refractivity contribution in [3.8, 4) is 5.75 Å². The molecule has 3 amide bonds. The SMILES string of the molecule is CCOc1ccc(NS(=O)(=O)c2cccc(C(=O)Nc3ccc(NC(=O)NC)cc3)c2)cc1. The highest BCUT2D eigenvalue weighted by Gasteiger charge is 2.17. The summed E-state index contributed by atoms with van der Waals surface area (Å²) in [7, 11) is -2.40. The van der Waals surface area contributed by atoms with Gasteiger partial charge in [-0.2, -0.15) is 0 Å². The van der Waals surface area contributed by atoms with Gasteiger partial charge in [-0.3, -0.25) is 9.52 Å². The highest BCUT2D eigenvalue weighted by Crippen LogP contribution is 2.21. The Labute approximate surface area is 192 Å². The summed E-state index contributed by atoms with van der Waals surface area (Å²) in [6.07, 6.45) is 0. The number of hydrogen-bond donors (Lipinski definition) is 4. The van der Waals surface area contributed by atoms with Crippen LogP contribution in [0.5, 0.6) is 5.75 Å². The molecule has 0 bridgehead atoms. The summed E-state index contributed by atoms with van der Waals surface area (Å²) in [5.41, 5.74) is 1.60. The van der Waals surface area contributed by atoms with Crippen molar-refractivity contribution in [2.45, 2.75) is 11.8 Å². The van der Waals surface area contributed by atoms with Gasteiger partial charge in [0.15, 0.2) is 0 Å². The van der Waals surface area contributed by atoms with E-state index in [-0.39, 0.29) is 16.5 Å². The Morgan fingerprint density at radius 2 is 1.45 bits per heavy atom. The van der Waals surface area contributed by atoms with Gasteiger partial charge < -0.3 is 20.7 Å². The quantitative estimate of drug-likeness (QED) is 0.399. The predicted molar refractivity (Wildman–Crippen MR) is 127 cm³/mol. The molecule has 33 heavy (non-hydrogen) atoms. The molecule has 3 aromatic carbocycles. The van der Waals surface area contributed by atoms with Crippen LogP contribution in [0.1, 0.15) is 17.3 Å². The van der Waals surface area contributed by atoms with Crippen LogP contribution in [0.15, 0.2) is 77.7 Å². The maximum Gasteiger partial charge on any atom is 0.318 e. The molecule has 4 N–H and O–H groups in total. The fourth-order valence-corrected chi connectivity index (χ4v) is 3.94. The molecular formula is C23H24N4O5S. The van der Waals surface area contributed by atoms with Crippen LogP contribution in [0.2, 0.25) is 0 Å². The number of benzene rings is 3. The van der Waals surface area contributed by atoms with Crippen LogP contribution in [0.4, 0.5) is 21.9 Å². The first kappa shape index (κ1) is 23.6. The lowest BCUT2D eigenvalue weighted by atomic mass is 10.2. The largest absolute Gasteiger partial charge is 0.494 e. The van der Waals surface area contributed by atoms with Gasteiger partial charge >= 0.3 is 6.03 Å². The van der Waals surface area contributed by atoms with Crippen LogP contribution >= 0.6 is 0 Å². The third-order valence-corrected chi connectivity index (χ3v) is 5.83. The minimum Gasteiger partial charge on any atom is -0.494 e. The van der Waals surface area contributed by atoms with E-state index in [1.165, 1.54) is 31.3 Å². The van der Waals surface area contributed by atoms with Crippen molar-refractivity contribution < 1.29 is 22.7 Å². The minimum atomic E-state index is -3.90. The van der Waals surface area contributed by atoms with Crippen LogP contribution in [0, 0.1) is 0 Å². The molecule has 0 spiro atoms. The Morgan fingerprint density at radius 1 is 0.848 bits per heavy atom. The third kappa shape index (κ3) is 6.47. The lowest BCUT2D eigenvalue weighted by Gasteiger charge is -2.11. The van der Waals surface area contributed by atoms with Gasteiger partial charge in [-0.05, 0) is 73.7 Å². The van der Waals surface area contributed by atoms with E-state index in [0.717, 1.165) is 0 Å². The Bertz CT molecular complexity index is 1230. The zero-order valence-corrected chi connectivity index (χ0v) is 18.9. The number of urea groups is 1. The standard InChI is InChI=1S/C23H24N4O5S/c1-3-32-20-13-11-19(12-14-20)27-33(30,31)21-6-4-5-16(15-21)22(28)25-17-7-9-18(10-8-17)26-23(29)24-2/h4-15,27H,3H2,1-2H3,(H,25,28)(H2,24,26,29). The average Bonchev–Trinajstić information content (AvgIpc) is 2.81. The maximum absolute atomic E-state index is 12.8. The normalized spacial score (nSPS) is 10.7. The smallest absolute Gasteiger partial charge is 0.318 e. The van der Waals surface area contributed by atoms with Gasteiger partial charge in [-0.25, -0.2) is 13.2 Å². The molecule has 3 aromatic rings. The molecule has 0 heterocycles. The van der Waals surface area contributed by atoms with E-state index in [1.807, 2.05) is 6.92 Å². The van der Waals surface area contributed by atoms with Gasteiger partial charge in [-0.15, -0.1) is 0 Å². The lowest BCUT2D eigenvalue weighted by Crippen LogP contribution is -2.24. The third-order valence-electron chi connectivity index (χ3n) is 4.45. The lowest BCUT2D eigenvalue weighted by molar-refractivity contribution is 0.102. The summed E-state index contributed by atoms with van der Waals surface area (Å²) >= 11 is 0. The fraction of sp³-hybridized carbons (Fsp3) is 0.130. The van der Waals surface area contributed by atoms with Crippen molar-refractivity contribution in [2.24, 2.45) is 0 Å². The van der Waals surface area contributed by atoms with Crippen LogP contribution in [-0.4, -0.2) is 34.0 Å². The van der Waals surface area contributed by atoms with E-state index in [9.17, 15) is 18.0 Å². The van der Waals surface area contributed by atoms with E-state index in [2.05, 4.69) is 20.7 Å². The van der Waals surface area contributed by atoms with Gasteiger partial charge in [0, 0.05) is 29.7 Å². The average molecular weight is 469 g/mol. The Balaban J connectivity index is 1.70. The topological polar surface area (TPSA) is 126 Å². The molecule has 0 fully saturated rings. The van der Waals surface area contributed by atoms with Crippen LogP contribution in [-0.2, 0) is 10.0 Å². The number of anilines is 3. The molecule has 0 saturated heterocycles. The molecule has 0 unspecified atom stereocenters. The second kappa shape index (κ2) is 10.5. The van der Waals surface area contributed by atoms with E-state index in [4.69, 9.17) is 4.74 Å². The van der Waals surface area contributed by atoms with Gasteiger partial charge in [0.2, 0.25) is 0 Å². The van der Waals surface area contributed by atoms with E-state index >= 15 is 0 Å². The van der Waals surface area contributed by atoms with Crippen LogP contribution in [0.25, 0.3) is 0 Å². The zero-order chi connectivity index (χ0) is 23.8. The number of hydrogen-bond acceptors (Lipinski definition) is 5. The Kier molecular flexibility index (Phi) is 7.52. The zero-order valence-electron chi connectivity index (χ0n) is 18.1. The first-order valence-electron chi connectivity index (χ1n) is 10.1. The van der Waals surface area contributed by atoms with Crippen molar-refractivity contribution >= 4 is 39.0 Å². The summed E-state index contributed by atoms with van der Waals surface area (Å²) in [5.74, 6) is 0.164. The minimum absolute atomic E-state index is 0.0471. The Hall–Kier alpha value is -4.05. The molecular weight excluding hydrogens is 444 g/mol. The molecule has 3 rings (SSSR count). The van der Waals surface area contributed by atoms with Gasteiger partial charge in [0.1, 0.15) is 5.75 Å². The summed E-state index contributed by atoms with van der Waals surface area (Å²) < 4.78 is 33.4. The molecule has 0 aliphatic carbocycles. The molecule has 9 nitrogen and oxygen atoms in total. The number of sulfonamides is 1. The maximum atomic E-state index is 12.8. The number of rotatable bonds is 8. The van der Waals surface area contributed by atoms with Crippen LogP contribution in [0.3, 0.4) is 0 Å². The molecule has 0 atom stereocenters. The van der Waals surface area contributed by atoms with Crippen molar-refractivity contribution in [3.05, 3.63) is 78.4 Å². The molecule has 0 aromatic heterocycles. The second-order valence-electron chi connectivity index (χ2n) is 6.83. The molecule has 10 heteroatoms. The Morgan fingerprint density at radius 3 is 2.06 bits per heavy atom. The van der Waals surface area contributed by atoms with Crippen LogP contribution < -0.4 is 25.4 Å². The molecule has 172 valence electrons. The molecule has 0 radical (unpaired) electrons. The number of carbonyl (C=O) groups is 2. The fourth-order valence-electron chi connectivity index (χ4n) is 2.84.